The fourth-order valence-electron chi connectivity index (χ4n) is 2.69. The minimum absolute atomic E-state index is 0.179. The summed E-state index contributed by atoms with van der Waals surface area (Å²) in [4.78, 5) is 27.7. The van der Waals surface area contributed by atoms with Crippen LogP contribution in [0.1, 0.15) is 25.1 Å². The molecular formula is C19H15F4N3O3. The highest BCUT2D eigenvalue weighted by Gasteiger charge is 2.44. The second-order valence-electron chi connectivity index (χ2n) is 6.26. The second kappa shape index (κ2) is 7.61. The number of aryl methyl sites for hydroxylation is 1. The Bertz CT molecular complexity index is 1090. The summed E-state index contributed by atoms with van der Waals surface area (Å²) in [6, 6.07) is 5.90. The molecule has 0 radical (unpaired) electrons. The summed E-state index contributed by atoms with van der Waals surface area (Å²) in [5.74, 6) is -3.65. The van der Waals surface area contributed by atoms with E-state index in [1.807, 2.05) is 0 Å². The van der Waals surface area contributed by atoms with Crippen molar-refractivity contribution in [3.8, 4) is 11.1 Å². The van der Waals surface area contributed by atoms with E-state index in [9.17, 15) is 27.2 Å². The number of aromatic nitrogens is 3. The summed E-state index contributed by atoms with van der Waals surface area (Å²) in [6.45, 7) is 3.01. The number of benzene rings is 1. The summed E-state index contributed by atoms with van der Waals surface area (Å²) in [7, 11) is 0. The van der Waals surface area contributed by atoms with Crippen molar-refractivity contribution in [1.29, 1.82) is 0 Å². The van der Waals surface area contributed by atoms with Gasteiger partial charge in [-0.25, -0.2) is 13.9 Å². The number of halogens is 4. The maximum atomic E-state index is 13.5. The van der Waals surface area contributed by atoms with Gasteiger partial charge in [0.2, 0.25) is 0 Å². The number of carbonyl (C=O) groups excluding carboxylic acids is 2. The molecule has 0 aliphatic carbocycles. The van der Waals surface area contributed by atoms with E-state index >= 15 is 0 Å². The minimum atomic E-state index is -5.26. The first kappa shape index (κ1) is 20.4. The number of ketones is 1. The summed E-state index contributed by atoms with van der Waals surface area (Å²) < 4.78 is 56.7. The van der Waals surface area contributed by atoms with Crippen LogP contribution in [-0.2, 0) is 14.3 Å². The predicted octanol–water partition coefficient (Wildman–Crippen LogP) is 4.13. The summed E-state index contributed by atoms with van der Waals surface area (Å²) >= 11 is 0. The van der Waals surface area contributed by atoms with Crippen molar-refractivity contribution in [3.63, 3.8) is 0 Å². The van der Waals surface area contributed by atoms with Crippen LogP contribution in [0.4, 0.5) is 17.6 Å². The zero-order valence-electron chi connectivity index (χ0n) is 15.3. The first-order valence-corrected chi connectivity index (χ1v) is 8.52. The van der Waals surface area contributed by atoms with Crippen molar-refractivity contribution < 1.29 is 31.9 Å². The Balaban J connectivity index is 2.08. The second-order valence-corrected chi connectivity index (χ2v) is 6.26. The maximum Gasteiger partial charge on any atom is 0.491 e. The summed E-state index contributed by atoms with van der Waals surface area (Å²) in [5.41, 5.74) is 1.99. The smallest absolute Gasteiger partial charge is 0.425 e. The number of esters is 1. The van der Waals surface area contributed by atoms with Crippen LogP contribution in [0, 0.1) is 12.7 Å². The third-order valence-electron chi connectivity index (χ3n) is 4.24. The Morgan fingerprint density at radius 1 is 1.17 bits per heavy atom. The Morgan fingerprint density at radius 3 is 2.52 bits per heavy atom. The van der Waals surface area contributed by atoms with Gasteiger partial charge in [-0.3, -0.25) is 9.78 Å². The molecule has 0 aliphatic heterocycles. The van der Waals surface area contributed by atoms with Crippen LogP contribution in [-0.4, -0.2) is 32.7 Å². The Hall–Kier alpha value is -3.30. The van der Waals surface area contributed by atoms with Gasteiger partial charge in [0.05, 0.1) is 11.7 Å². The molecule has 0 saturated heterocycles. The highest BCUT2D eigenvalue weighted by atomic mass is 19.4. The van der Waals surface area contributed by atoms with Gasteiger partial charge in [0.25, 0.3) is 6.23 Å². The number of hydrogen-bond donors (Lipinski definition) is 0. The Kier molecular flexibility index (Phi) is 5.36. The lowest BCUT2D eigenvalue weighted by atomic mass is 10.0. The third kappa shape index (κ3) is 4.10. The van der Waals surface area contributed by atoms with Gasteiger partial charge < -0.3 is 4.74 Å². The van der Waals surface area contributed by atoms with Crippen molar-refractivity contribution in [2.45, 2.75) is 32.7 Å². The molecule has 1 unspecified atom stereocenters. The van der Waals surface area contributed by atoms with Crippen molar-refractivity contribution in [2.75, 3.05) is 0 Å². The Morgan fingerprint density at radius 2 is 1.90 bits per heavy atom. The van der Waals surface area contributed by atoms with Crippen LogP contribution in [0.25, 0.3) is 22.2 Å². The molecule has 0 amide bonds. The lowest BCUT2D eigenvalue weighted by Gasteiger charge is -2.18. The van der Waals surface area contributed by atoms with E-state index in [-0.39, 0.29) is 23.3 Å². The van der Waals surface area contributed by atoms with E-state index in [1.54, 1.807) is 13.0 Å². The number of Topliss-reactive ketones (excluding diaryl/α,β-unsaturated/α-hetero) is 1. The lowest BCUT2D eigenvalue weighted by Crippen LogP contribution is -2.32. The largest absolute Gasteiger partial charge is 0.491 e. The standard InChI is InChI=1S/C19H15F4N3O3/c1-3-16(27)17(29-18(28)19(21,22)23)26-15-7-12(8-24-14(15)9-25-26)11-4-5-13(20)10(2)6-11/h4-9,17H,3H2,1-2H3. The minimum Gasteiger partial charge on any atom is -0.425 e. The summed E-state index contributed by atoms with van der Waals surface area (Å²) in [5, 5.41) is 3.90. The van der Waals surface area contributed by atoms with Gasteiger partial charge in [0, 0.05) is 18.2 Å². The fourth-order valence-corrected chi connectivity index (χ4v) is 2.69. The van der Waals surface area contributed by atoms with Crippen LogP contribution >= 0.6 is 0 Å². The van der Waals surface area contributed by atoms with Crippen LogP contribution in [0.3, 0.4) is 0 Å². The molecule has 0 N–H and O–H groups in total. The highest BCUT2D eigenvalue weighted by molar-refractivity contribution is 5.87. The van der Waals surface area contributed by atoms with Gasteiger partial charge in [-0.15, -0.1) is 0 Å². The number of carbonyl (C=O) groups is 2. The van der Waals surface area contributed by atoms with Crippen molar-refractivity contribution in [2.24, 2.45) is 0 Å². The van der Waals surface area contributed by atoms with E-state index < -0.39 is 24.2 Å². The van der Waals surface area contributed by atoms with Crippen LogP contribution < -0.4 is 0 Å². The number of rotatable bonds is 5. The molecule has 29 heavy (non-hydrogen) atoms. The van der Waals surface area contributed by atoms with E-state index in [0.717, 1.165) is 4.68 Å². The van der Waals surface area contributed by atoms with Gasteiger partial charge in [-0.05, 0) is 36.2 Å². The lowest BCUT2D eigenvalue weighted by molar-refractivity contribution is -0.209. The molecule has 0 bridgehead atoms. The molecule has 1 aromatic carbocycles. The number of pyridine rings is 1. The van der Waals surface area contributed by atoms with Gasteiger partial charge >= 0.3 is 12.1 Å². The number of fused-ring (bicyclic) bond motifs is 1. The molecule has 1 atom stereocenters. The number of hydrogen-bond acceptors (Lipinski definition) is 5. The zero-order valence-corrected chi connectivity index (χ0v) is 15.3. The van der Waals surface area contributed by atoms with Crippen LogP contribution in [0.2, 0.25) is 0 Å². The van der Waals surface area contributed by atoms with Crippen LogP contribution in [0.15, 0.2) is 36.7 Å². The van der Waals surface area contributed by atoms with Gasteiger partial charge in [0.1, 0.15) is 11.3 Å². The first-order valence-electron chi connectivity index (χ1n) is 8.52. The van der Waals surface area contributed by atoms with Gasteiger partial charge in [0.15, 0.2) is 5.78 Å². The predicted molar refractivity (Wildman–Crippen MR) is 94.1 cm³/mol. The molecule has 2 aromatic heterocycles. The number of ether oxygens (including phenoxy) is 1. The van der Waals surface area contributed by atoms with Gasteiger partial charge in [-0.2, -0.15) is 18.3 Å². The molecule has 6 nitrogen and oxygen atoms in total. The fraction of sp³-hybridized carbons (Fsp3) is 0.263. The normalized spacial score (nSPS) is 12.8. The quantitative estimate of drug-likeness (QED) is 0.468. The van der Waals surface area contributed by atoms with E-state index in [2.05, 4.69) is 14.8 Å². The van der Waals surface area contributed by atoms with Gasteiger partial charge in [-0.1, -0.05) is 13.0 Å². The highest BCUT2D eigenvalue weighted by Crippen LogP contribution is 2.28. The molecule has 0 aliphatic rings. The SMILES string of the molecule is CCC(=O)C(OC(=O)C(F)(F)F)n1ncc2ncc(-c3ccc(F)c(C)c3)cc21. The molecule has 0 saturated carbocycles. The van der Waals surface area contributed by atoms with E-state index in [0.29, 0.717) is 16.7 Å². The van der Waals surface area contributed by atoms with E-state index in [4.69, 9.17) is 0 Å². The van der Waals surface area contributed by atoms with Crippen LogP contribution in [0.5, 0.6) is 0 Å². The molecule has 3 rings (SSSR count). The Labute approximate surface area is 162 Å². The average Bonchev–Trinajstić information content (AvgIpc) is 3.09. The molecular weight excluding hydrogens is 394 g/mol. The molecule has 0 spiro atoms. The molecule has 3 aromatic rings. The molecule has 10 heteroatoms. The molecule has 0 fully saturated rings. The monoisotopic (exact) mass is 409 g/mol. The van der Waals surface area contributed by atoms with E-state index in [1.165, 1.54) is 37.5 Å². The average molecular weight is 409 g/mol. The topological polar surface area (TPSA) is 74.1 Å². The van der Waals surface area contributed by atoms with Crippen molar-refractivity contribution in [3.05, 3.63) is 48.0 Å². The van der Waals surface area contributed by atoms with Crippen molar-refractivity contribution in [1.82, 2.24) is 14.8 Å². The number of nitrogens with zero attached hydrogens (tertiary/aromatic N) is 3. The number of alkyl halides is 3. The zero-order chi connectivity index (χ0) is 21.3. The van der Waals surface area contributed by atoms with Crippen molar-refractivity contribution >= 4 is 22.8 Å². The first-order chi connectivity index (χ1) is 13.6. The third-order valence-corrected chi connectivity index (χ3v) is 4.24. The maximum absolute atomic E-state index is 13.5. The molecule has 2 heterocycles. The molecule has 152 valence electrons. The summed E-state index contributed by atoms with van der Waals surface area (Å²) in [6.07, 6.45) is -4.60.